The monoisotopic (exact) mass is 510 g/mol. The van der Waals surface area contributed by atoms with Crippen molar-refractivity contribution in [3.05, 3.63) is 77.4 Å². The Balaban J connectivity index is 0.00000380. The molecule has 1 aliphatic heterocycles. The summed E-state index contributed by atoms with van der Waals surface area (Å²) in [6.07, 6.45) is 7.70. The second-order valence-electron chi connectivity index (χ2n) is 9.14. The minimum Gasteiger partial charge on any atom is -0.369 e. The maximum atomic E-state index is 10.1. The molecule has 0 aliphatic carbocycles. The smallest absolute Gasteiger partial charge is 0.150 e. The lowest BCUT2D eigenvalue weighted by Gasteiger charge is -2.32. The number of pyridine rings is 1. The van der Waals surface area contributed by atoms with Crippen LogP contribution in [-0.2, 0) is 6.54 Å². The maximum Gasteiger partial charge on any atom is 0.150 e. The van der Waals surface area contributed by atoms with Crippen LogP contribution in [0.2, 0.25) is 0 Å². The molecule has 1 fully saturated rings. The summed E-state index contributed by atoms with van der Waals surface area (Å²) in [6, 6.07) is 24.7. The molecule has 1 aromatic heterocycles. The van der Waals surface area contributed by atoms with E-state index in [1.807, 2.05) is 43.4 Å². The molecule has 0 saturated carbocycles. The molecule has 2 heterocycles. The molecule has 3 aromatic rings. The Hall–Kier alpha value is -4.02. The van der Waals surface area contributed by atoms with Crippen LogP contribution in [0.5, 0.6) is 0 Å². The normalized spacial score (nSPS) is 13.5. The average Bonchev–Trinajstić information content (AvgIpc) is 2.93. The lowest BCUT2D eigenvalue weighted by molar-refractivity contribution is 0.182. The van der Waals surface area contributed by atoms with Crippen molar-refractivity contribution in [1.82, 2.24) is 9.88 Å². The van der Waals surface area contributed by atoms with Gasteiger partial charge >= 0.3 is 0 Å². The van der Waals surface area contributed by atoms with Crippen molar-refractivity contribution in [2.24, 2.45) is 5.92 Å². The van der Waals surface area contributed by atoms with Crippen LogP contribution in [0.4, 0.5) is 11.6 Å². The maximum absolute atomic E-state index is 10.1. The number of rotatable bonds is 8. The molecule has 4 rings (SSSR count). The third-order valence-electron chi connectivity index (χ3n) is 6.67. The first-order valence-corrected chi connectivity index (χ1v) is 12.2. The highest BCUT2D eigenvalue weighted by molar-refractivity contribution is 5.86. The van der Waals surface area contributed by atoms with Crippen LogP contribution in [-0.4, -0.2) is 43.1 Å². The molecule has 1 saturated heterocycles. The second-order valence-corrected chi connectivity index (χ2v) is 9.14. The average molecular weight is 511 g/mol. The number of anilines is 2. The molecule has 0 atom stereocenters. The van der Waals surface area contributed by atoms with Crippen molar-refractivity contribution in [2.75, 3.05) is 43.4 Å². The molecular formula is C30H31ClN6. The summed E-state index contributed by atoms with van der Waals surface area (Å²) in [5.41, 5.74) is 3.48. The van der Waals surface area contributed by atoms with Gasteiger partial charge < -0.3 is 10.2 Å². The lowest BCUT2D eigenvalue weighted by atomic mass is 9.94. The lowest BCUT2D eigenvalue weighted by Crippen LogP contribution is -2.35. The van der Waals surface area contributed by atoms with E-state index in [1.54, 1.807) is 4.90 Å². The molecule has 2 aromatic carbocycles. The molecule has 0 unspecified atom stereocenters. The molecule has 1 N–H and O–H groups in total. The number of likely N-dealkylation sites (tertiary alicyclic amines) is 1. The number of benzene rings is 2. The number of terminal acetylenes is 1. The van der Waals surface area contributed by atoms with Gasteiger partial charge in [-0.05, 0) is 43.0 Å². The Morgan fingerprint density at radius 2 is 1.62 bits per heavy atom. The van der Waals surface area contributed by atoms with Gasteiger partial charge in [0.05, 0.1) is 6.54 Å². The minimum atomic E-state index is 0. The first-order chi connectivity index (χ1) is 17.6. The van der Waals surface area contributed by atoms with Gasteiger partial charge in [-0.1, -0.05) is 66.6 Å². The van der Waals surface area contributed by atoms with Crippen molar-refractivity contribution < 1.29 is 0 Å². The molecule has 7 heteroatoms. The fraction of sp³-hybridized carbons (Fsp3) is 0.300. The largest absolute Gasteiger partial charge is 0.369 e. The van der Waals surface area contributed by atoms with Crippen LogP contribution >= 0.6 is 12.4 Å². The van der Waals surface area contributed by atoms with Gasteiger partial charge in [0.1, 0.15) is 34.9 Å². The number of halogens is 1. The molecule has 6 nitrogen and oxygen atoms in total. The van der Waals surface area contributed by atoms with Crippen LogP contribution < -0.4 is 10.2 Å². The number of nitrogens with one attached hydrogen (secondary N) is 1. The van der Waals surface area contributed by atoms with Crippen molar-refractivity contribution in [3.63, 3.8) is 0 Å². The molecule has 0 bridgehead atoms. The van der Waals surface area contributed by atoms with Crippen molar-refractivity contribution in [3.8, 4) is 35.6 Å². The van der Waals surface area contributed by atoms with Gasteiger partial charge in [0.2, 0.25) is 0 Å². The topological polar surface area (TPSA) is 79.0 Å². The summed E-state index contributed by atoms with van der Waals surface area (Å²) in [5, 5.41) is 23.6. The first kappa shape index (κ1) is 27.6. The van der Waals surface area contributed by atoms with E-state index in [9.17, 15) is 10.5 Å². The second kappa shape index (κ2) is 13.3. The molecule has 0 amide bonds. The number of aromatic nitrogens is 1. The zero-order valence-corrected chi connectivity index (χ0v) is 21.8. The Labute approximate surface area is 226 Å². The van der Waals surface area contributed by atoms with E-state index in [0.29, 0.717) is 40.8 Å². The van der Waals surface area contributed by atoms with Gasteiger partial charge in [-0.2, -0.15) is 10.5 Å². The Morgan fingerprint density at radius 1 is 1.00 bits per heavy atom. The van der Waals surface area contributed by atoms with Crippen LogP contribution in [0.1, 0.15) is 29.5 Å². The SMILES string of the molecule is C#CCN(C)c1nc(NCC2CCN(Cc3ccccc3)CC2)c(C#N)c(-c2ccccc2)c1C#N.Cl. The summed E-state index contributed by atoms with van der Waals surface area (Å²) >= 11 is 0. The third kappa shape index (κ3) is 6.60. The van der Waals surface area contributed by atoms with Crippen LogP contribution in [0.25, 0.3) is 11.1 Å². The van der Waals surface area contributed by atoms with E-state index in [0.717, 1.165) is 44.6 Å². The van der Waals surface area contributed by atoms with Crippen molar-refractivity contribution in [1.29, 1.82) is 10.5 Å². The fourth-order valence-electron chi connectivity index (χ4n) is 4.73. The number of piperidine rings is 1. The first-order valence-electron chi connectivity index (χ1n) is 12.2. The van der Waals surface area contributed by atoms with Gasteiger partial charge in [-0.3, -0.25) is 4.90 Å². The standard InChI is InChI=1S/C30H30N6.ClH/c1-3-16-35(2)30-27(20-32)28(25-12-8-5-9-13-25)26(19-31)29(34-30)33-21-23-14-17-36(18-15-23)22-24-10-6-4-7-11-24;/h1,4-13,23H,14-18,21-22H2,2H3,(H,33,34);1H. The number of nitrogens with zero attached hydrogens (tertiary/aromatic N) is 5. The highest BCUT2D eigenvalue weighted by atomic mass is 35.5. The van der Waals surface area contributed by atoms with Gasteiger partial charge in [-0.25, -0.2) is 4.98 Å². The van der Waals surface area contributed by atoms with E-state index >= 15 is 0 Å². The summed E-state index contributed by atoms with van der Waals surface area (Å²) in [6.45, 7) is 4.08. The number of nitriles is 2. The predicted molar refractivity (Wildman–Crippen MR) is 151 cm³/mol. The Kier molecular flexibility index (Phi) is 9.93. The van der Waals surface area contributed by atoms with Crippen LogP contribution in [0.3, 0.4) is 0 Å². The van der Waals surface area contributed by atoms with Gasteiger partial charge in [-0.15, -0.1) is 18.8 Å². The Morgan fingerprint density at radius 3 is 2.22 bits per heavy atom. The predicted octanol–water partition coefficient (Wildman–Crippen LogP) is 5.31. The summed E-state index contributed by atoms with van der Waals surface area (Å²) in [7, 11) is 1.82. The molecular weight excluding hydrogens is 480 g/mol. The zero-order chi connectivity index (χ0) is 25.3. The van der Waals surface area contributed by atoms with E-state index < -0.39 is 0 Å². The molecule has 37 heavy (non-hydrogen) atoms. The number of hydrogen-bond donors (Lipinski definition) is 1. The van der Waals surface area contributed by atoms with Crippen LogP contribution in [0, 0.1) is 40.9 Å². The van der Waals surface area contributed by atoms with Crippen LogP contribution in [0.15, 0.2) is 60.7 Å². The van der Waals surface area contributed by atoms with Crippen molar-refractivity contribution >= 4 is 24.0 Å². The quantitative estimate of drug-likeness (QED) is 0.414. The molecule has 1 aliphatic rings. The minimum absolute atomic E-state index is 0. The zero-order valence-electron chi connectivity index (χ0n) is 21.0. The van der Waals surface area contributed by atoms with Gasteiger partial charge in [0.15, 0.2) is 0 Å². The summed E-state index contributed by atoms with van der Waals surface area (Å²) in [5.74, 6) is 4.08. The van der Waals surface area contributed by atoms with Gasteiger partial charge in [0, 0.05) is 25.7 Å². The highest BCUT2D eigenvalue weighted by Gasteiger charge is 2.24. The summed E-state index contributed by atoms with van der Waals surface area (Å²) in [4.78, 5) is 9.01. The molecule has 0 radical (unpaired) electrons. The van der Waals surface area contributed by atoms with E-state index in [1.165, 1.54) is 5.56 Å². The number of hydrogen-bond acceptors (Lipinski definition) is 6. The van der Waals surface area contributed by atoms with E-state index in [-0.39, 0.29) is 12.4 Å². The highest BCUT2D eigenvalue weighted by Crippen LogP contribution is 2.36. The molecule has 0 spiro atoms. The summed E-state index contributed by atoms with van der Waals surface area (Å²) < 4.78 is 0. The van der Waals surface area contributed by atoms with Crippen molar-refractivity contribution in [2.45, 2.75) is 19.4 Å². The Bertz CT molecular complexity index is 1300. The van der Waals surface area contributed by atoms with E-state index in [4.69, 9.17) is 11.4 Å². The van der Waals surface area contributed by atoms with Gasteiger partial charge in [0.25, 0.3) is 0 Å². The molecule has 188 valence electrons. The van der Waals surface area contributed by atoms with E-state index in [2.05, 4.69) is 52.5 Å². The third-order valence-corrected chi connectivity index (χ3v) is 6.67. The fourth-order valence-corrected chi connectivity index (χ4v) is 4.73.